The van der Waals surface area contributed by atoms with E-state index in [4.69, 9.17) is 9.47 Å². The number of alkyl carbamates (subject to hydrolysis) is 1. The predicted octanol–water partition coefficient (Wildman–Crippen LogP) is 2.52. The Morgan fingerprint density at radius 3 is 2.75 bits per heavy atom. The SMILES string of the molecule is CC(C)(C)OC(=O)NCc1cccc(NC2COC2)c1. The van der Waals surface area contributed by atoms with Gasteiger partial charge in [-0.1, -0.05) is 12.1 Å². The number of carbonyl (C=O) groups excluding carboxylic acids is 1. The fraction of sp³-hybridized carbons (Fsp3) is 0.533. The molecule has 2 rings (SSSR count). The van der Waals surface area contributed by atoms with Gasteiger partial charge in [0.05, 0.1) is 19.3 Å². The summed E-state index contributed by atoms with van der Waals surface area (Å²) in [5.41, 5.74) is 1.60. The summed E-state index contributed by atoms with van der Waals surface area (Å²) >= 11 is 0. The van der Waals surface area contributed by atoms with Crippen LogP contribution >= 0.6 is 0 Å². The summed E-state index contributed by atoms with van der Waals surface area (Å²) in [6, 6.07) is 8.36. The van der Waals surface area contributed by atoms with Gasteiger partial charge in [0.25, 0.3) is 0 Å². The van der Waals surface area contributed by atoms with Crippen LogP contribution in [0.15, 0.2) is 24.3 Å². The van der Waals surface area contributed by atoms with Crippen molar-refractivity contribution in [3.05, 3.63) is 29.8 Å². The topological polar surface area (TPSA) is 59.6 Å². The summed E-state index contributed by atoms with van der Waals surface area (Å²) in [6.45, 7) is 7.49. The van der Waals surface area contributed by atoms with E-state index in [0.29, 0.717) is 12.6 Å². The van der Waals surface area contributed by atoms with E-state index in [0.717, 1.165) is 24.5 Å². The van der Waals surface area contributed by atoms with Crippen LogP contribution in [0.2, 0.25) is 0 Å². The summed E-state index contributed by atoms with van der Waals surface area (Å²) < 4.78 is 10.3. The number of amides is 1. The lowest BCUT2D eigenvalue weighted by Crippen LogP contribution is -2.40. The second-order valence-electron chi connectivity index (χ2n) is 5.93. The Hall–Kier alpha value is -1.75. The highest BCUT2D eigenvalue weighted by atomic mass is 16.6. The number of anilines is 1. The van der Waals surface area contributed by atoms with E-state index in [-0.39, 0.29) is 0 Å². The molecule has 0 unspecified atom stereocenters. The van der Waals surface area contributed by atoms with Gasteiger partial charge in [0.1, 0.15) is 5.60 Å². The molecule has 1 aliphatic heterocycles. The van der Waals surface area contributed by atoms with Crippen molar-refractivity contribution in [2.75, 3.05) is 18.5 Å². The predicted molar refractivity (Wildman–Crippen MR) is 77.7 cm³/mol. The van der Waals surface area contributed by atoms with Crippen LogP contribution in [-0.4, -0.2) is 30.9 Å². The van der Waals surface area contributed by atoms with Gasteiger partial charge < -0.3 is 20.1 Å². The fourth-order valence-electron chi connectivity index (χ4n) is 1.81. The van der Waals surface area contributed by atoms with E-state index in [9.17, 15) is 4.79 Å². The van der Waals surface area contributed by atoms with Crippen molar-refractivity contribution in [3.63, 3.8) is 0 Å². The van der Waals surface area contributed by atoms with Gasteiger partial charge in [0.15, 0.2) is 0 Å². The first kappa shape index (κ1) is 14.7. The molecule has 1 aromatic carbocycles. The van der Waals surface area contributed by atoms with Gasteiger partial charge >= 0.3 is 6.09 Å². The van der Waals surface area contributed by atoms with Gasteiger partial charge in [-0.25, -0.2) is 4.79 Å². The maximum Gasteiger partial charge on any atom is 0.407 e. The fourth-order valence-corrected chi connectivity index (χ4v) is 1.81. The summed E-state index contributed by atoms with van der Waals surface area (Å²) in [6.07, 6.45) is -0.400. The first-order valence-corrected chi connectivity index (χ1v) is 6.82. The molecule has 0 spiro atoms. The Morgan fingerprint density at radius 2 is 2.15 bits per heavy atom. The number of carbonyl (C=O) groups is 1. The minimum atomic E-state index is -0.474. The van der Waals surface area contributed by atoms with Crippen LogP contribution in [0.5, 0.6) is 0 Å². The minimum absolute atomic E-state index is 0.393. The highest BCUT2D eigenvalue weighted by molar-refractivity contribution is 5.67. The number of benzene rings is 1. The molecular formula is C15H22N2O3. The number of hydrogen-bond acceptors (Lipinski definition) is 4. The lowest BCUT2D eigenvalue weighted by molar-refractivity contribution is 0.0211. The Bertz CT molecular complexity index is 464. The zero-order valence-corrected chi connectivity index (χ0v) is 12.2. The third kappa shape index (κ3) is 4.74. The van der Waals surface area contributed by atoms with E-state index < -0.39 is 11.7 Å². The van der Waals surface area contributed by atoms with Crippen molar-refractivity contribution in [2.45, 2.75) is 39.0 Å². The lowest BCUT2D eigenvalue weighted by atomic mass is 10.1. The van der Waals surface area contributed by atoms with Crippen LogP contribution in [0.4, 0.5) is 10.5 Å². The first-order valence-electron chi connectivity index (χ1n) is 6.82. The molecule has 1 fully saturated rings. The lowest BCUT2D eigenvalue weighted by Gasteiger charge is -2.28. The second-order valence-corrected chi connectivity index (χ2v) is 5.93. The molecule has 1 amide bonds. The average Bonchev–Trinajstić information content (AvgIpc) is 2.30. The summed E-state index contributed by atoms with van der Waals surface area (Å²) in [5.74, 6) is 0. The van der Waals surface area contributed by atoms with Crippen LogP contribution < -0.4 is 10.6 Å². The third-order valence-corrected chi connectivity index (χ3v) is 2.77. The van der Waals surface area contributed by atoms with Crippen molar-refractivity contribution >= 4 is 11.8 Å². The van der Waals surface area contributed by atoms with Gasteiger partial charge in [-0.05, 0) is 38.5 Å². The number of ether oxygens (including phenoxy) is 2. The maximum absolute atomic E-state index is 11.6. The number of nitrogens with one attached hydrogen (secondary N) is 2. The zero-order chi connectivity index (χ0) is 14.6. The molecule has 5 heteroatoms. The smallest absolute Gasteiger partial charge is 0.407 e. The van der Waals surface area contributed by atoms with Gasteiger partial charge in [0, 0.05) is 12.2 Å². The Labute approximate surface area is 119 Å². The van der Waals surface area contributed by atoms with Crippen LogP contribution in [0, 0.1) is 0 Å². The second kappa shape index (κ2) is 6.13. The average molecular weight is 278 g/mol. The molecule has 0 saturated carbocycles. The molecule has 0 atom stereocenters. The molecule has 110 valence electrons. The highest BCUT2D eigenvalue weighted by Crippen LogP contribution is 2.15. The van der Waals surface area contributed by atoms with Crippen LogP contribution in [0.3, 0.4) is 0 Å². The zero-order valence-electron chi connectivity index (χ0n) is 12.2. The molecule has 1 aromatic rings. The minimum Gasteiger partial charge on any atom is -0.444 e. The molecule has 1 aliphatic rings. The van der Waals surface area contributed by atoms with Crippen molar-refractivity contribution in [1.29, 1.82) is 0 Å². The molecule has 1 saturated heterocycles. The molecule has 0 aromatic heterocycles. The van der Waals surface area contributed by atoms with E-state index in [1.165, 1.54) is 0 Å². The quantitative estimate of drug-likeness (QED) is 0.888. The molecule has 0 bridgehead atoms. The molecule has 0 aliphatic carbocycles. The standard InChI is InChI=1S/C15H22N2O3/c1-15(2,3)20-14(18)16-8-11-5-4-6-12(7-11)17-13-9-19-10-13/h4-7,13,17H,8-10H2,1-3H3,(H,16,18). The molecule has 5 nitrogen and oxygen atoms in total. The number of hydrogen-bond donors (Lipinski definition) is 2. The molecule has 2 N–H and O–H groups in total. The van der Waals surface area contributed by atoms with Crippen molar-refractivity contribution < 1.29 is 14.3 Å². The molecular weight excluding hydrogens is 256 g/mol. The molecule has 0 radical (unpaired) electrons. The summed E-state index contributed by atoms with van der Waals surface area (Å²) in [4.78, 5) is 11.6. The molecule has 1 heterocycles. The van der Waals surface area contributed by atoms with E-state index in [2.05, 4.69) is 10.6 Å². The van der Waals surface area contributed by atoms with E-state index in [1.54, 1.807) is 0 Å². The Balaban J connectivity index is 1.83. The van der Waals surface area contributed by atoms with E-state index >= 15 is 0 Å². The Morgan fingerprint density at radius 1 is 1.40 bits per heavy atom. The Kier molecular flexibility index (Phi) is 4.49. The van der Waals surface area contributed by atoms with Gasteiger partial charge in [-0.15, -0.1) is 0 Å². The summed E-state index contributed by atoms with van der Waals surface area (Å²) in [7, 11) is 0. The van der Waals surface area contributed by atoms with Crippen LogP contribution in [0.25, 0.3) is 0 Å². The van der Waals surface area contributed by atoms with Gasteiger partial charge in [0.2, 0.25) is 0 Å². The van der Waals surface area contributed by atoms with E-state index in [1.807, 2.05) is 45.0 Å². The summed E-state index contributed by atoms with van der Waals surface area (Å²) in [5, 5.41) is 6.13. The molecule has 20 heavy (non-hydrogen) atoms. The van der Waals surface area contributed by atoms with Crippen molar-refractivity contribution in [2.24, 2.45) is 0 Å². The maximum atomic E-state index is 11.6. The van der Waals surface area contributed by atoms with Crippen molar-refractivity contribution in [3.8, 4) is 0 Å². The highest BCUT2D eigenvalue weighted by Gasteiger charge is 2.18. The normalized spacial score (nSPS) is 15.3. The number of rotatable bonds is 4. The van der Waals surface area contributed by atoms with Crippen molar-refractivity contribution in [1.82, 2.24) is 5.32 Å². The largest absolute Gasteiger partial charge is 0.444 e. The third-order valence-electron chi connectivity index (χ3n) is 2.77. The monoisotopic (exact) mass is 278 g/mol. The van der Waals surface area contributed by atoms with Gasteiger partial charge in [-0.2, -0.15) is 0 Å². The van der Waals surface area contributed by atoms with Crippen LogP contribution in [0.1, 0.15) is 26.3 Å². The first-order chi connectivity index (χ1) is 9.42. The van der Waals surface area contributed by atoms with Gasteiger partial charge in [-0.3, -0.25) is 0 Å². The van der Waals surface area contributed by atoms with Crippen LogP contribution in [-0.2, 0) is 16.0 Å².